The molecular weight excluding hydrogens is 193 g/mol. The number of nitrogens with zero attached hydrogens (tertiary/aromatic N) is 1. The number of aromatic nitrogens is 2. The predicted octanol–water partition coefficient (Wildman–Crippen LogP) is 2.89. The van der Waals surface area contributed by atoms with Crippen LogP contribution in [0.1, 0.15) is 11.4 Å². The first-order valence-corrected chi connectivity index (χ1v) is 4.00. The van der Waals surface area contributed by atoms with Crippen LogP contribution in [0.5, 0.6) is 0 Å². The molecule has 2 aromatic rings. The molecule has 0 spiro atoms. The molecule has 14 heavy (non-hydrogen) atoms. The molecule has 5 heteroatoms. The third-order valence-corrected chi connectivity index (χ3v) is 2.03. The lowest BCUT2D eigenvalue weighted by Gasteiger charge is -2.06. The molecule has 0 unspecified atom stereocenters. The lowest BCUT2D eigenvalue weighted by Crippen LogP contribution is -2.08. The van der Waals surface area contributed by atoms with Gasteiger partial charge in [-0.25, -0.2) is 4.98 Å². The molecule has 2 heterocycles. The average molecular weight is 200 g/mol. The van der Waals surface area contributed by atoms with E-state index in [0.29, 0.717) is 11.2 Å². The first kappa shape index (κ1) is 9.05. The van der Waals surface area contributed by atoms with Crippen LogP contribution in [-0.4, -0.2) is 9.97 Å². The summed E-state index contributed by atoms with van der Waals surface area (Å²) in [4.78, 5) is 6.23. The molecular formula is C9H7F3N2. The minimum atomic E-state index is -4.38. The van der Waals surface area contributed by atoms with E-state index in [1.165, 1.54) is 0 Å². The van der Waals surface area contributed by atoms with Gasteiger partial charge in [-0.15, -0.1) is 0 Å². The van der Waals surface area contributed by atoms with Gasteiger partial charge in [-0.3, -0.25) is 0 Å². The molecule has 0 aliphatic rings. The molecule has 0 atom stereocenters. The number of rotatable bonds is 0. The normalized spacial score (nSPS) is 12.3. The summed E-state index contributed by atoms with van der Waals surface area (Å²) in [6.07, 6.45) is -2.79. The lowest BCUT2D eigenvalue weighted by molar-refractivity contribution is -0.141. The van der Waals surface area contributed by atoms with Gasteiger partial charge in [0, 0.05) is 22.8 Å². The molecule has 0 aliphatic carbocycles. The zero-order chi connectivity index (χ0) is 10.3. The fraction of sp³-hybridized carbons (Fsp3) is 0.222. The Morgan fingerprint density at radius 1 is 1.36 bits per heavy atom. The maximum absolute atomic E-state index is 12.3. The molecule has 0 amide bonds. The summed E-state index contributed by atoms with van der Waals surface area (Å²) in [5, 5.41) is 0.720. The fourth-order valence-corrected chi connectivity index (χ4v) is 1.37. The van der Waals surface area contributed by atoms with Gasteiger partial charge in [0.15, 0.2) is 0 Å². The van der Waals surface area contributed by atoms with Crippen LogP contribution in [0.2, 0.25) is 0 Å². The number of pyridine rings is 1. The van der Waals surface area contributed by atoms with Gasteiger partial charge in [-0.1, -0.05) is 0 Å². The monoisotopic (exact) mass is 200 g/mol. The third-order valence-electron chi connectivity index (χ3n) is 2.03. The van der Waals surface area contributed by atoms with Crippen molar-refractivity contribution < 1.29 is 13.2 Å². The number of hydrogen-bond acceptors (Lipinski definition) is 1. The van der Waals surface area contributed by atoms with Gasteiger partial charge in [0.1, 0.15) is 5.69 Å². The van der Waals surface area contributed by atoms with Crippen molar-refractivity contribution in [3.05, 3.63) is 29.7 Å². The predicted molar refractivity (Wildman–Crippen MR) is 45.8 cm³/mol. The Hall–Kier alpha value is -1.52. The molecule has 2 rings (SSSR count). The maximum atomic E-state index is 12.3. The minimum Gasteiger partial charge on any atom is -0.361 e. The molecule has 0 radical (unpaired) electrons. The van der Waals surface area contributed by atoms with E-state index in [1.54, 1.807) is 19.2 Å². The van der Waals surface area contributed by atoms with Crippen LogP contribution in [0.4, 0.5) is 13.2 Å². The highest BCUT2D eigenvalue weighted by Crippen LogP contribution is 2.30. The van der Waals surface area contributed by atoms with Crippen molar-refractivity contribution in [3.8, 4) is 0 Å². The van der Waals surface area contributed by atoms with E-state index >= 15 is 0 Å². The van der Waals surface area contributed by atoms with Crippen LogP contribution in [0.15, 0.2) is 18.3 Å². The Morgan fingerprint density at radius 3 is 2.71 bits per heavy atom. The standard InChI is InChI=1S/C9H7F3N2/c1-5-6-2-3-13-7(6)4-8(14-5)9(10,11)12/h2-4,13H,1H3. The molecule has 2 nitrogen and oxygen atoms in total. The van der Waals surface area contributed by atoms with Crippen LogP contribution in [-0.2, 0) is 6.18 Å². The van der Waals surface area contributed by atoms with Crippen molar-refractivity contribution in [3.63, 3.8) is 0 Å². The number of fused-ring (bicyclic) bond motifs is 1. The highest BCUT2D eigenvalue weighted by molar-refractivity contribution is 5.81. The van der Waals surface area contributed by atoms with Crippen LogP contribution in [0, 0.1) is 6.92 Å². The molecule has 0 saturated carbocycles. The minimum absolute atomic E-state index is 0.385. The second kappa shape index (κ2) is 2.73. The summed E-state index contributed by atoms with van der Waals surface area (Å²) < 4.78 is 37.0. The molecule has 0 aromatic carbocycles. The number of hydrogen-bond donors (Lipinski definition) is 1. The number of nitrogens with one attached hydrogen (secondary N) is 1. The van der Waals surface area contributed by atoms with E-state index in [2.05, 4.69) is 9.97 Å². The highest BCUT2D eigenvalue weighted by Gasteiger charge is 2.33. The molecule has 0 fully saturated rings. The van der Waals surface area contributed by atoms with E-state index < -0.39 is 11.9 Å². The fourth-order valence-electron chi connectivity index (χ4n) is 1.37. The van der Waals surface area contributed by atoms with Crippen LogP contribution in [0.25, 0.3) is 10.9 Å². The second-order valence-corrected chi connectivity index (χ2v) is 3.03. The van der Waals surface area contributed by atoms with Crippen molar-refractivity contribution in [1.82, 2.24) is 9.97 Å². The summed E-state index contributed by atoms with van der Waals surface area (Å²) in [5.41, 5.74) is -0.00847. The second-order valence-electron chi connectivity index (χ2n) is 3.03. The first-order valence-electron chi connectivity index (χ1n) is 4.00. The van der Waals surface area contributed by atoms with Gasteiger partial charge < -0.3 is 4.98 Å². The van der Waals surface area contributed by atoms with Crippen LogP contribution >= 0.6 is 0 Å². The Bertz CT molecular complexity index is 470. The molecule has 74 valence electrons. The molecule has 2 aromatic heterocycles. The van der Waals surface area contributed by atoms with Crippen molar-refractivity contribution in [1.29, 1.82) is 0 Å². The summed E-state index contributed by atoms with van der Waals surface area (Å²) in [6, 6.07) is 2.72. The number of aromatic amines is 1. The average Bonchev–Trinajstić information content (AvgIpc) is 2.50. The Balaban J connectivity index is 2.70. The lowest BCUT2D eigenvalue weighted by atomic mass is 10.2. The summed E-state index contributed by atoms with van der Waals surface area (Å²) in [7, 11) is 0. The molecule has 0 bridgehead atoms. The van der Waals surface area contributed by atoms with E-state index in [0.717, 1.165) is 11.5 Å². The van der Waals surface area contributed by atoms with Crippen molar-refractivity contribution in [2.45, 2.75) is 13.1 Å². The summed E-state index contributed by atoms with van der Waals surface area (Å²) in [6.45, 7) is 1.56. The third kappa shape index (κ3) is 1.34. The molecule has 0 aliphatic heterocycles. The largest absolute Gasteiger partial charge is 0.433 e. The Labute approximate surface area is 77.8 Å². The number of aryl methyl sites for hydroxylation is 1. The SMILES string of the molecule is Cc1nc(C(F)(F)F)cc2[nH]ccc12. The maximum Gasteiger partial charge on any atom is 0.433 e. The van der Waals surface area contributed by atoms with E-state index in [9.17, 15) is 13.2 Å². The number of alkyl halides is 3. The van der Waals surface area contributed by atoms with Crippen molar-refractivity contribution in [2.75, 3.05) is 0 Å². The van der Waals surface area contributed by atoms with Gasteiger partial charge in [0.05, 0.1) is 0 Å². The first-order chi connectivity index (χ1) is 6.48. The summed E-state index contributed by atoms with van der Waals surface area (Å²) >= 11 is 0. The van der Waals surface area contributed by atoms with Crippen molar-refractivity contribution in [2.24, 2.45) is 0 Å². The van der Waals surface area contributed by atoms with Gasteiger partial charge in [0.2, 0.25) is 0 Å². The van der Waals surface area contributed by atoms with Gasteiger partial charge in [-0.2, -0.15) is 13.2 Å². The van der Waals surface area contributed by atoms with Crippen LogP contribution < -0.4 is 0 Å². The van der Waals surface area contributed by atoms with Gasteiger partial charge >= 0.3 is 6.18 Å². The Kier molecular flexibility index (Phi) is 1.77. The van der Waals surface area contributed by atoms with E-state index in [-0.39, 0.29) is 0 Å². The highest BCUT2D eigenvalue weighted by atomic mass is 19.4. The zero-order valence-electron chi connectivity index (χ0n) is 7.31. The topological polar surface area (TPSA) is 28.7 Å². The Morgan fingerprint density at radius 2 is 2.07 bits per heavy atom. The number of halogens is 3. The molecule has 1 N–H and O–H groups in total. The van der Waals surface area contributed by atoms with Crippen LogP contribution in [0.3, 0.4) is 0 Å². The molecule has 0 saturated heterocycles. The van der Waals surface area contributed by atoms with Crippen molar-refractivity contribution >= 4 is 10.9 Å². The number of H-pyrrole nitrogens is 1. The smallest absolute Gasteiger partial charge is 0.361 e. The van der Waals surface area contributed by atoms with E-state index in [4.69, 9.17) is 0 Å². The zero-order valence-corrected chi connectivity index (χ0v) is 7.31. The van der Waals surface area contributed by atoms with Gasteiger partial charge in [-0.05, 0) is 19.1 Å². The van der Waals surface area contributed by atoms with Gasteiger partial charge in [0.25, 0.3) is 0 Å². The van der Waals surface area contributed by atoms with E-state index in [1.807, 2.05) is 0 Å². The quantitative estimate of drug-likeness (QED) is 0.695. The summed E-state index contributed by atoms with van der Waals surface area (Å²) in [5.74, 6) is 0.